The lowest BCUT2D eigenvalue weighted by molar-refractivity contribution is -0.0195. The van der Waals surface area contributed by atoms with E-state index in [1.54, 1.807) is 0 Å². The number of unbranched alkanes of at least 4 members (excludes halogenated alkanes) is 7. The first-order valence-electron chi connectivity index (χ1n) is 10.8. The van der Waals surface area contributed by atoms with E-state index in [1.165, 1.54) is 57.8 Å². The van der Waals surface area contributed by atoms with Crippen molar-refractivity contribution in [3.8, 4) is 0 Å². The summed E-state index contributed by atoms with van der Waals surface area (Å²) in [5.74, 6) is 0. The maximum atomic E-state index is 6.15. The van der Waals surface area contributed by atoms with Crippen LogP contribution < -0.4 is 5.32 Å². The van der Waals surface area contributed by atoms with Gasteiger partial charge in [-0.25, -0.2) is 0 Å². The van der Waals surface area contributed by atoms with Crippen LogP contribution in [0, 0.1) is 0 Å². The van der Waals surface area contributed by atoms with Gasteiger partial charge in [0.05, 0.1) is 18.3 Å². The van der Waals surface area contributed by atoms with Gasteiger partial charge in [0.1, 0.15) is 0 Å². The summed E-state index contributed by atoms with van der Waals surface area (Å²) in [6, 6.07) is 0. The van der Waals surface area contributed by atoms with Crippen molar-refractivity contribution in [1.29, 1.82) is 0 Å². The Bertz CT molecular complexity index is 300. The van der Waals surface area contributed by atoms with Crippen LogP contribution in [0.3, 0.4) is 0 Å². The van der Waals surface area contributed by atoms with Crippen LogP contribution in [-0.4, -0.2) is 63.5 Å². The lowest BCUT2D eigenvalue weighted by Gasteiger charge is -2.20. The second-order valence-corrected chi connectivity index (χ2v) is 7.97. The van der Waals surface area contributed by atoms with Crippen LogP contribution in [0.1, 0.15) is 78.1 Å². The third kappa shape index (κ3) is 12.0. The van der Waals surface area contributed by atoms with Crippen LogP contribution in [0.15, 0.2) is 0 Å². The van der Waals surface area contributed by atoms with E-state index in [2.05, 4.69) is 38.2 Å². The van der Waals surface area contributed by atoms with Gasteiger partial charge in [-0.2, -0.15) is 0 Å². The Hall–Kier alpha value is -0.160. The molecule has 0 unspecified atom stereocenters. The van der Waals surface area contributed by atoms with E-state index in [0.717, 1.165) is 32.7 Å². The fourth-order valence-corrected chi connectivity index (χ4v) is 3.51. The molecule has 0 aromatic heterocycles. The van der Waals surface area contributed by atoms with E-state index in [9.17, 15) is 0 Å². The van der Waals surface area contributed by atoms with Gasteiger partial charge in [0.2, 0.25) is 0 Å². The van der Waals surface area contributed by atoms with E-state index in [-0.39, 0.29) is 12.2 Å². The molecule has 4 nitrogen and oxygen atoms in total. The van der Waals surface area contributed by atoms with Gasteiger partial charge in [-0.15, -0.1) is 0 Å². The summed E-state index contributed by atoms with van der Waals surface area (Å²) in [5, 5.41) is 3.54. The molecule has 1 N–H and O–H groups in total. The zero-order valence-corrected chi connectivity index (χ0v) is 17.4. The molecule has 0 saturated carbocycles. The molecule has 0 radical (unpaired) electrons. The number of nitrogens with zero attached hydrogens (tertiary/aromatic N) is 1. The third-order valence-corrected chi connectivity index (χ3v) is 5.02. The first-order chi connectivity index (χ1) is 12.1. The normalized spacial score (nSPS) is 23.6. The number of ether oxygens (including phenoxy) is 2. The maximum Gasteiger partial charge on any atom is 0.0965 e. The highest BCUT2D eigenvalue weighted by molar-refractivity contribution is 4.83. The Morgan fingerprint density at radius 3 is 2.36 bits per heavy atom. The molecule has 1 rings (SSSR count). The predicted octanol–water partition coefficient (Wildman–Crippen LogP) is 4.23. The Kier molecular flexibility index (Phi) is 13.7. The van der Waals surface area contributed by atoms with Crippen molar-refractivity contribution in [2.75, 3.05) is 40.3 Å². The van der Waals surface area contributed by atoms with E-state index in [0.29, 0.717) is 6.10 Å². The molecule has 0 aliphatic carbocycles. The summed E-state index contributed by atoms with van der Waals surface area (Å²) in [6.45, 7) is 8.44. The van der Waals surface area contributed by atoms with E-state index >= 15 is 0 Å². The SMILES string of the molecule is CCCCCCCCCCO[C@@H]1C[C@@H](C)O[C@@H]1CNCCCN(C)C. The van der Waals surface area contributed by atoms with Gasteiger partial charge in [0, 0.05) is 19.6 Å². The highest BCUT2D eigenvalue weighted by Gasteiger charge is 2.33. The van der Waals surface area contributed by atoms with Crippen LogP contribution in [-0.2, 0) is 9.47 Å². The molecule has 1 fully saturated rings. The largest absolute Gasteiger partial charge is 0.375 e. The maximum absolute atomic E-state index is 6.15. The molecule has 0 bridgehead atoms. The highest BCUT2D eigenvalue weighted by atomic mass is 16.6. The van der Waals surface area contributed by atoms with Crippen molar-refractivity contribution >= 4 is 0 Å². The minimum Gasteiger partial charge on any atom is -0.375 e. The Balaban J connectivity index is 2.02. The molecule has 0 amide bonds. The van der Waals surface area contributed by atoms with Gasteiger partial charge in [-0.3, -0.25) is 0 Å². The standard InChI is InChI=1S/C21H44N2O2/c1-5-6-7-8-9-10-11-12-16-24-20-17-19(2)25-21(20)18-22-14-13-15-23(3)4/h19-22H,5-18H2,1-4H3/t19-,20-,21-/m1/s1. The molecule has 150 valence electrons. The van der Waals surface area contributed by atoms with Gasteiger partial charge in [-0.1, -0.05) is 51.9 Å². The third-order valence-electron chi connectivity index (χ3n) is 5.02. The number of hydrogen-bond acceptors (Lipinski definition) is 4. The smallest absolute Gasteiger partial charge is 0.0965 e. The van der Waals surface area contributed by atoms with Gasteiger partial charge in [0.25, 0.3) is 0 Å². The topological polar surface area (TPSA) is 33.7 Å². The zero-order chi connectivity index (χ0) is 18.3. The summed E-state index contributed by atoms with van der Waals surface area (Å²) >= 11 is 0. The average molecular weight is 357 g/mol. The summed E-state index contributed by atoms with van der Waals surface area (Å²) in [6.07, 6.45) is 13.9. The molecular formula is C21H44N2O2. The molecule has 1 aliphatic rings. The van der Waals surface area contributed by atoms with Crippen molar-refractivity contribution in [3.05, 3.63) is 0 Å². The zero-order valence-electron chi connectivity index (χ0n) is 17.4. The highest BCUT2D eigenvalue weighted by Crippen LogP contribution is 2.23. The fraction of sp³-hybridized carbons (Fsp3) is 1.00. The lowest BCUT2D eigenvalue weighted by atomic mass is 10.1. The summed E-state index contributed by atoms with van der Waals surface area (Å²) < 4.78 is 12.2. The first kappa shape index (κ1) is 22.9. The van der Waals surface area contributed by atoms with E-state index in [1.807, 2.05) is 0 Å². The second kappa shape index (κ2) is 15.0. The summed E-state index contributed by atoms with van der Waals surface area (Å²) in [5.41, 5.74) is 0. The molecule has 4 heteroatoms. The molecule has 0 spiro atoms. The van der Waals surface area contributed by atoms with Crippen LogP contribution in [0.4, 0.5) is 0 Å². The van der Waals surface area contributed by atoms with Crippen molar-refractivity contribution < 1.29 is 9.47 Å². The van der Waals surface area contributed by atoms with Crippen LogP contribution in [0.2, 0.25) is 0 Å². The van der Waals surface area contributed by atoms with Gasteiger partial charge < -0.3 is 19.7 Å². The lowest BCUT2D eigenvalue weighted by Crippen LogP contribution is -2.36. The van der Waals surface area contributed by atoms with Crippen molar-refractivity contribution in [1.82, 2.24) is 10.2 Å². The average Bonchev–Trinajstić information content (AvgIpc) is 2.92. The van der Waals surface area contributed by atoms with Gasteiger partial charge >= 0.3 is 0 Å². The first-order valence-corrected chi connectivity index (χ1v) is 10.8. The monoisotopic (exact) mass is 356 g/mol. The fourth-order valence-electron chi connectivity index (χ4n) is 3.51. The minimum atomic E-state index is 0.225. The molecule has 0 aromatic carbocycles. The summed E-state index contributed by atoms with van der Waals surface area (Å²) in [7, 11) is 4.24. The van der Waals surface area contributed by atoms with Gasteiger partial charge in [-0.05, 0) is 47.0 Å². The number of rotatable bonds is 16. The van der Waals surface area contributed by atoms with Crippen molar-refractivity contribution in [3.63, 3.8) is 0 Å². The Morgan fingerprint density at radius 2 is 1.68 bits per heavy atom. The molecule has 3 atom stereocenters. The number of hydrogen-bond donors (Lipinski definition) is 1. The van der Waals surface area contributed by atoms with Gasteiger partial charge in [0.15, 0.2) is 0 Å². The van der Waals surface area contributed by atoms with Crippen molar-refractivity contribution in [2.45, 2.75) is 96.4 Å². The van der Waals surface area contributed by atoms with Crippen LogP contribution >= 0.6 is 0 Å². The van der Waals surface area contributed by atoms with E-state index in [4.69, 9.17) is 9.47 Å². The van der Waals surface area contributed by atoms with Crippen LogP contribution in [0.25, 0.3) is 0 Å². The predicted molar refractivity (Wildman–Crippen MR) is 107 cm³/mol. The minimum absolute atomic E-state index is 0.225. The van der Waals surface area contributed by atoms with Crippen molar-refractivity contribution in [2.24, 2.45) is 0 Å². The number of nitrogens with one attached hydrogen (secondary N) is 1. The quantitative estimate of drug-likeness (QED) is 0.420. The van der Waals surface area contributed by atoms with E-state index < -0.39 is 0 Å². The molecule has 25 heavy (non-hydrogen) atoms. The summed E-state index contributed by atoms with van der Waals surface area (Å²) in [4.78, 5) is 2.23. The Labute approximate surface area is 157 Å². The molecular weight excluding hydrogens is 312 g/mol. The molecule has 0 aromatic rings. The molecule has 1 saturated heterocycles. The Morgan fingerprint density at radius 1 is 1.00 bits per heavy atom. The molecule has 1 aliphatic heterocycles. The molecule has 1 heterocycles. The van der Waals surface area contributed by atoms with Crippen LogP contribution in [0.5, 0.6) is 0 Å². The second-order valence-electron chi connectivity index (χ2n) is 7.97.